The zero-order valence-corrected chi connectivity index (χ0v) is 8.51. The summed E-state index contributed by atoms with van der Waals surface area (Å²) < 4.78 is 17.0. The highest BCUT2D eigenvalue weighted by molar-refractivity contribution is 5.84. The molecule has 1 aromatic carbocycles. The number of aromatic amines is 1. The SMILES string of the molecule is COc1ccc2[nH]cc(CCNF)c2c1. The molecule has 0 saturated carbocycles. The van der Waals surface area contributed by atoms with Crippen LogP contribution in [0.2, 0.25) is 0 Å². The van der Waals surface area contributed by atoms with Crippen LogP contribution in [0.5, 0.6) is 5.75 Å². The van der Waals surface area contributed by atoms with E-state index in [-0.39, 0.29) is 0 Å². The van der Waals surface area contributed by atoms with Crippen molar-refractivity contribution in [3.8, 4) is 5.75 Å². The third-order valence-electron chi connectivity index (χ3n) is 2.46. The van der Waals surface area contributed by atoms with Gasteiger partial charge in [-0.1, -0.05) is 0 Å². The monoisotopic (exact) mass is 208 g/mol. The van der Waals surface area contributed by atoms with Gasteiger partial charge in [0, 0.05) is 23.6 Å². The van der Waals surface area contributed by atoms with E-state index < -0.39 is 0 Å². The number of H-pyrrole nitrogens is 1. The van der Waals surface area contributed by atoms with E-state index >= 15 is 0 Å². The highest BCUT2D eigenvalue weighted by atomic mass is 19.2. The number of aromatic nitrogens is 1. The topological polar surface area (TPSA) is 37.0 Å². The molecule has 2 rings (SSSR count). The molecule has 1 heterocycles. The van der Waals surface area contributed by atoms with Gasteiger partial charge in [0.2, 0.25) is 0 Å². The Morgan fingerprint density at radius 1 is 1.47 bits per heavy atom. The zero-order chi connectivity index (χ0) is 10.7. The van der Waals surface area contributed by atoms with Gasteiger partial charge in [-0.2, -0.15) is 5.54 Å². The van der Waals surface area contributed by atoms with Crippen molar-refractivity contribution in [1.82, 2.24) is 10.5 Å². The largest absolute Gasteiger partial charge is 0.497 e. The van der Waals surface area contributed by atoms with Gasteiger partial charge in [-0.15, -0.1) is 4.48 Å². The number of hydrogen-bond acceptors (Lipinski definition) is 2. The Hall–Kier alpha value is -1.55. The number of fused-ring (bicyclic) bond motifs is 1. The molecule has 0 amide bonds. The summed E-state index contributed by atoms with van der Waals surface area (Å²) in [6.07, 6.45) is 2.56. The van der Waals surface area contributed by atoms with E-state index in [1.807, 2.05) is 24.4 Å². The fourth-order valence-electron chi connectivity index (χ4n) is 1.67. The third-order valence-corrected chi connectivity index (χ3v) is 2.46. The highest BCUT2D eigenvalue weighted by Crippen LogP contribution is 2.23. The molecule has 0 aliphatic carbocycles. The van der Waals surface area contributed by atoms with Crippen molar-refractivity contribution in [1.29, 1.82) is 0 Å². The summed E-state index contributed by atoms with van der Waals surface area (Å²) in [7, 11) is 1.64. The molecule has 0 fully saturated rings. The van der Waals surface area contributed by atoms with Gasteiger partial charge in [0.1, 0.15) is 5.75 Å². The zero-order valence-electron chi connectivity index (χ0n) is 8.51. The molecule has 3 nitrogen and oxygen atoms in total. The molecular weight excluding hydrogens is 195 g/mol. The molecule has 0 aliphatic heterocycles. The van der Waals surface area contributed by atoms with E-state index in [1.165, 1.54) is 0 Å². The van der Waals surface area contributed by atoms with Crippen LogP contribution in [-0.2, 0) is 6.42 Å². The lowest BCUT2D eigenvalue weighted by Crippen LogP contribution is -2.05. The van der Waals surface area contributed by atoms with Crippen LogP contribution in [0.15, 0.2) is 24.4 Å². The first kappa shape index (κ1) is 9.98. The lowest BCUT2D eigenvalue weighted by atomic mass is 10.1. The number of benzene rings is 1. The minimum absolute atomic E-state index is 0.324. The van der Waals surface area contributed by atoms with Crippen LogP contribution >= 0.6 is 0 Å². The predicted molar refractivity (Wildman–Crippen MR) is 57.7 cm³/mol. The van der Waals surface area contributed by atoms with Crippen molar-refractivity contribution in [3.05, 3.63) is 30.0 Å². The van der Waals surface area contributed by atoms with E-state index in [9.17, 15) is 4.48 Å². The summed E-state index contributed by atoms with van der Waals surface area (Å²) in [6, 6.07) is 5.82. The van der Waals surface area contributed by atoms with Crippen LogP contribution in [0.25, 0.3) is 10.9 Å². The summed E-state index contributed by atoms with van der Waals surface area (Å²) >= 11 is 0. The summed E-state index contributed by atoms with van der Waals surface area (Å²) in [4.78, 5) is 3.14. The lowest BCUT2D eigenvalue weighted by molar-refractivity contribution is 0.338. The van der Waals surface area contributed by atoms with Gasteiger partial charge < -0.3 is 9.72 Å². The standard InChI is InChI=1S/C11H13FN2O/c1-15-9-2-3-11-10(6-9)8(7-13-11)4-5-14-12/h2-3,6-7,13-14H,4-5H2,1H3. The van der Waals surface area contributed by atoms with Crippen LogP contribution < -0.4 is 10.3 Å². The molecule has 0 unspecified atom stereocenters. The second-order valence-corrected chi connectivity index (χ2v) is 3.36. The summed E-state index contributed by atoms with van der Waals surface area (Å²) in [5, 5.41) is 1.09. The molecule has 0 aliphatic rings. The Bertz CT molecular complexity index is 453. The quantitative estimate of drug-likeness (QED) is 0.756. The molecule has 0 atom stereocenters. The number of rotatable bonds is 4. The smallest absolute Gasteiger partial charge is 0.119 e. The molecule has 0 spiro atoms. The predicted octanol–water partition coefficient (Wildman–Crippen LogP) is 2.19. The van der Waals surface area contributed by atoms with E-state index in [1.54, 1.807) is 12.6 Å². The second kappa shape index (κ2) is 4.31. The third kappa shape index (κ3) is 1.94. The molecule has 15 heavy (non-hydrogen) atoms. The molecule has 0 saturated heterocycles. The van der Waals surface area contributed by atoms with E-state index in [4.69, 9.17) is 4.74 Å². The molecule has 2 N–H and O–H groups in total. The maximum atomic E-state index is 11.8. The molecule has 2 aromatic rings. The normalized spacial score (nSPS) is 10.8. The number of nitrogens with one attached hydrogen (secondary N) is 2. The Balaban J connectivity index is 2.38. The Morgan fingerprint density at radius 3 is 3.07 bits per heavy atom. The van der Waals surface area contributed by atoms with Gasteiger partial charge in [-0.05, 0) is 30.2 Å². The maximum absolute atomic E-state index is 11.8. The Kier molecular flexibility index (Phi) is 2.87. The van der Waals surface area contributed by atoms with Crippen LogP contribution in [0.1, 0.15) is 5.56 Å². The van der Waals surface area contributed by atoms with Gasteiger partial charge >= 0.3 is 0 Å². The van der Waals surface area contributed by atoms with Crippen LogP contribution in [0.3, 0.4) is 0 Å². The van der Waals surface area contributed by atoms with Crippen molar-refractivity contribution >= 4 is 10.9 Å². The van der Waals surface area contributed by atoms with Crippen molar-refractivity contribution in [2.24, 2.45) is 0 Å². The first-order valence-electron chi connectivity index (χ1n) is 4.82. The molecule has 0 bridgehead atoms. The van der Waals surface area contributed by atoms with Gasteiger partial charge in [-0.25, -0.2) is 0 Å². The van der Waals surface area contributed by atoms with Gasteiger partial charge in [0.25, 0.3) is 0 Å². The highest BCUT2D eigenvalue weighted by Gasteiger charge is 2.04. The summed E-state index contributed by atoms with van der Waals surface area (Å²) in [6.45, 7) is 0.324. The first-order valence-corrected chi connectivity index (χ1v) is 4.82. The van der Waals surface area contributed by atoms with Gasteiger partial charge in [0.05, 0.1) is 7.11 Å². The second-order valence-electron chi connectivity index (χ2n) is 3.36. The van der Waals surface area contributed by atoms with Gasteiger partial charge in [0.15, 0.2) is 0 Å². The molecule has 4 heteroatoms. The number of ether oxygens (including phenoxy) is 1. The Morgan fingerprint density at radius 2 is 2.33 bits per heavy atom. The van der Waals surface area contributed by atoms with Crippen molar-refractivity contribution in [3.63, 3.8) is 0 Å². The lowest BCUT2D eigenvalue weighted by Gasteiger charge is -2.01. The number of halogens is 1. The summed E-state index contributed by atoms with van der Waals surface area (Å²) in [5.41, 5.74) is 3.79. The van der Waals surface area contributed by atoms with Crippen LogP contribution in [0.4, 0.5) is 4.48 Å². The maximum Gasteiger partial charge on any atom is 0.119 e. The van der Waals surface area contributed by atoms with E-state index in [2.05, 4.69) is 4.98 Å². The molecule has 1 aromatic heterocycles. The average Bonchev–Trinajstić information content (AvgIpc) is 2.68. The van der Waals surface area contributed by atoms with Gasteiger partial charge in [-0.3, -0.25) is 0 Å². The minimum Gasteiger partial charge on any atom is -0.497 e. The van der Waals surface area contributed by atoms with E-state index in [0.717, 1.165) is 22.2 Å². The number of methoxy groups -OCH3 is 1. The fraction of sp³-hybridized carbons (Fsp3) is 0.273. The van der Waals surface area contributed by atoms with Crippen molar-refractivity contribution < 1.29 is 9.22 Å². The molecular formula is C11H13FN2O. The average molecular weight is 208 g/mol. The first-order chi connectivity index (χ1) is 7.35. The van der Waals surface area contributed by atoms with Crippen LogP contribution in [-0.4, -0.2) is 18.6 Å². The van der Waals surface area contributed by atoms with Crippen molar-refractivity contribution in [2.45, 2.75) is 6.42 Å². The van der Waals surface area contributed by atoms with Crippen molar-refractivity contribution in [2.75, 3.05) is 13.7 Å². The fourth-order valence-corrected chi connectivity index (χ4v) is 1.67. The summed E-state index contributed by atoms with van der Waals surface area (Å²) in [5.74, 6) is 0.816. The van der Waals surface area contributed by atoms with E-state index in [0.29, 0.717) is 13.0 Å². The number of hydrogen-bond donors (Lipinski definition) is 2. The Labute approximate surface area is 87.2 Å². The molecule has 80 valence electrons. The molecule has 0 radical (unpaired) electrons. The van der Waals surface area contributed by atoms with Crippen LogP contribution in [0, 0.1) is 0 Å². The minimum atomic E-state index is 0.324.